The molecule has 144 valence electrons. The number of hydrogen-bond acceptors (Lipinski definition) is 3. The average Bonchev–Trinajstić information content (AvgIpc) is 2.70. The fourth-order valence-electron chi connectivity index (χ4n) is 3.46. The van der Waals surface area contributed by atoms with E-state index in [1.165, 1.54) is 5.56 Å². The largest absolute Gasteiger partial charge is 0.481 e. The number of nitrogens with zero attached hydrogens (tertiary/aromatic N) is 1. The molecule has 1 N–H and O–H groups in total. The van der Waals surface area contributed by atoms with Gasteiger partial charge in [-0.1, -0.05) is 41.9 Å². The Morgan fingerprint density at radius 1 is 1.07 bits per heavy atom. The van der Waals surface area contributed by atoms with E-state index in [0.717, 1.165) is 25.9 Å². The Hall–Kier alpha value is -2.04. The number of halogens is 1. The third-order valence-corrected chi connectivity index (χ3v) is 5.45. The average molecular weight is 387 g/mol. The molecule has 3 rings (SSSR count). The van der Waals surface area contributed by atoms with E-state index >= 15 is 0 Å². The second kappa shape index (κ2) is 9.25. The summed E-state index contributed by atoms with van der Waals surface area (Å²) in [4.78, 5) is 14.9. The molecule has 1 saturated heterocycles. The van der Waals surface area contributed by atoms with Crippen molar-refractivity contribution in [3.63, 3.8) is 0 Å². The van der Waals surface area contributed by atoms with Crippen LogP contribution in [-0.2, 0) is 4.79 Å². The van der Waals surface area contributed by atoms with Crippen LogP contribution in [0.3, 0.4) is 0 Å². The van der Waals surface area contributed by atoms with E-state index in [1.54, 1.807) is 31.2 Å². The molecule has 5 heteroatoms. The molecule has 0 saturated carbocycles. The van der Waals surface area contributed by atoms with Crippen molar-refractivity contribution in [2.75, 3.05) is 13.1 Å². The summed E-state index contributed by atoms with van der Waals surface area (Å²) in [5.41, 5.74) is 1.34. The van der Waals surface area contributed by atoms with Gasteiger partial charge in [0.2, 0.25) is 0 Å². The standard InChI is InChI=1S/C22H27ClN2O2/c1-16(18-6-4-3-5-7-18)25-14-12-20(13-15-25)24-22(26)17(2)27-21-10-8-19(23)9-11-21/h3-11,16-17,20H,12-15H2,1-2H3,(H,24,26). The van der Waals surface area contributed by atoms with Crippen LogP contribution < -0.4 is 10.1 Å². The van der Waals surface area contributed by atoms with E-state index in [1.807, 2.05) is 6.07 Å². The Balaban J connectivity index is 1.45. The van der Waals surface area contributed by atoms with Crippen LogP contribution >= 0.6 is 11.6 Å². The normalized spacial score (nSPS) is 17.9. The summed E-state index contributed by atoms with van der Waals surface area (Å²) in [6.07, 6.45) is 1.38. The van der Waals surface area contributed by atoms with E-state index in [2.05, 4.69) is 41.4 Å². The molecule has 0 bridgehead atoms. The topological polar surface area (TPSA) is 41.6 Å². The fraction of sp³-hybridized carbons (Fsp3) is 0.409. The number of hydrogen-bond donors (Lipinski definition) is 1. The molecule has 0 aromatic heterocycles. The molecular formula is C22H27ClN2O2. The molecule has 1 heterocycles. The highest BCUT2D eigenvalue weighted by atomic mass is 35.5. The van der Waals surface area contributed by atoms with Crippen molar-refractivity contribution in [3.8, 4) is 5.75 Å². The van der Waals surface area contributed by atoms with Crippen molar-refractivity contribution in [3.05, 3.63) is 65.2 Å². The molecule has 27 heavy (non-hydrogen) atoms. The first-order chi connectivity index (χ1) is 13.0. The molecule has 1 amide bonds. The second-order valence-corrected chi connectivity index (χ2v) is 7.56. The molecule has 2 aromatic rings. The summed E-state index contributed by atoms with van der Waals surface area (Å²) in [6, 6.07) is 18.2. The zero-order valence-corrected chi connectivity index (χ0v) is 16.7. The van der Waals surface area contributed by atoms with E-state index in [0.29, 0.717) is 16.8 Å². The predicted octanol–water partition coefficient (Wildman–Crippen LogP) is 4.45. The summed E-state index contributed by atoms with van der Waals surface area (Å²) in [5.74, 6) is 0.577. The van der Waals surface area contributed by atoms with Crippen molar-refractivity contribution >= 4 is 17.5 Å². The SMILES string of the molecule is CC(Oc1ccc(Cl)cc1)C(=O)NC1CCN(C(C)c2ccccc2)CC1. The molecule has 1 fully saturated rings. The maximum absolute atomic E-state index is 12.4. The Labute approximate surface area is 166 Å². The number of carbonyl (C=O) groups excluding carboxylic acids is 1. The lowest BCUT2D eigenvalue weighted by Crippen LogP contribution is -2.48. The molecule has 2 atom stereocenters. The smallest absolute Gasteiger partial charge is 0.260 e. The number of carbonyl (C=O) groups is 1. The van der Waals surface area contributed by atoms with E-state index < -0.39 is 6.10 Å². The number of piperidine rings is 1. The van der Waals surface area contributed by atoms with Crippen molar-refractivity contribution in [2.24, 2.45) is 0 Å². The Morgan fingerprint density at radius 2 is 1.70 bits per heavy atom. The molecular weight excluding hydrogens is 360 g/mol. The van der Waals surface area contributed by atoms with Gasteiger partial charge in [-0.2, -0.15) is 0 Å². The quantitative estimate of drug-likeness (QED) is 0.797. The minimum absolute atomic E-state index is 0.0699. The maximum Gasteiger partial charge on any atom is 0.260 e. The van der Waals surface area contributed by atoms with Gasteiger partial charge in [0, 0.05) is 30.2 Å². The first kappa shape index (κ1) is 19.7. The van der Waals surface area contributed by atoms with Crippen molar-refractivity contribution in [1.82, 2.24) is 10.2 Å². The van der Waals surface area contributed by atoms with Crippen LogP contribution in [0.25, 0.3) is 0 Å². The van der Waals surface area contributed by atoms with Gasteiger partial charge >= 0.3 is 0 Å². The molecule has 0 spiro atoms. The summed E-state index contributed by atoms with van der Waals surface area (Å²) in [7, 11) is 0. The molecule has 1 aliphatic heterocycles. The Bertz CT molecular complexity index is 728. The van der Waals surface area contributed by atoms with E-state index in [4.69, 9.17) is 16.3 Å². The van der Waals surface area contributed by atoms with Gasteiger partial charge in [-0.25, -0.2) is 0 Å². The van der Waals surface area contributed by atoms with Crippen LogP contribution in [0.2, 0.25) is 5.02 Å². The number of benzene rings is 2. The van der Waals surface area contributed by atoms with Gasteiger partial charge in [-0.3, -0.25) is 9.69 Å². The third-order valence-electron chi connectivity index (χ3n) is 5.20. The van der Waals surface area contributed by atoms with Gasteiger partial charge in [-0.15, -0.1) is 0 Å². The minimum atomic E-state index is -0.535. The van der Waals surface area contributed by atoms with Crippen molar-refractivity contribution in [2.45, 2.75) is 44.9 Å². The van der Waals surface area contributed by atoms with Crippen molar-refractivity contribution < 1.29 is 9.53 Å². The van der Waals surface area contributed by atoms with Gasteiger partial charge < -0.3 is 10.1 Å². The number of amides is 1. The lowest BCUT2D eigenvalue weighted by atomic mass is 10.00. The second-order valence-electron chi connectivity index (χ2n) is 7.12. The number of likely N-dealkylation sites (tertiary alicyclic amines) is 1. The molecule has 0 aliphatic carbocycles. The zero-order valence-electron chi connectivity index (χ0n) is 15.9. The number of ether oxygens (including phenoxy) is 1. The van der Waals surface area contributed by atoms with Gasteiger partial charge in [-0.05, 0) is 56.5 Å². The van der Waals surface area contributed by atoms with Crippen LogP contribution in [0.1, 0.15) is 38.3 Å². The number of rotatable bonds is 6. The van der Waals surface area contributed by atoms with Crippen LogP contribution in [0.5, 0.6) is 5.75 Å². The molecule has 2 aromatic carbocycles. The Kier molecular flexibility index (Phi) is 6.75. The molecule has 1 aliphatic rings. The first-order valence-corrected chi connectivity index (χ1v) is 9.92. The molecule has 4 nitrogen and oxygen atoms in total. The molecule has 2 unspecified atom stereocenters. The van der Waals surface area contributed by atoms with E-state index in [9.17, 15) is 4.79 Å². The maximum atomic E-state index is 12.4. The van der Waals surface area contributed by atoms with Gasteiger partial charge in [0.05, 0.1) is 0 Å². The lowest BCUT2D eigenvalue weighted by molar-refractivity contribution is -0.128. The summed E-state index contributed by atoms with van der Waals surface area (Å²) < 4.78 is 5.71. The summed E-state index contributed by atoms with van der Waals surface area (Å²) in [5, 5.41) is 3.78. The van der Waals surface area contributed by atoms with Crippen LogP contribution in [0, 0.1) is 0 Å². The fourth-order valence-corrected chi connectivity index (χ4v) is 3.59. The molecule has 0 radical (unpaired) electrons. The Morgan fingerprint density at radius 3 is 2.33 bits per heavy atom. The van der Waals surface area contributed by atoms with Crippen LogP contribution in [0.4, 0.5) is 0 Å². The highest BCUT2D eigenvalue weighted by Gasteiger charge is 2.26. The summed E-state index contributed by atoms with van der Waals surface area (Å²) >= 11 is 5.87. The van der Waals surface area contributed by atoms with Crippen LogP contribution in [-0.4, -0.2) is 36.0 Å². The first-order valence-electron chi connectivity index (χ1n) is 9.54. The lowest BCUT2D eigenvalue weighted by Gasteiger charge is -2.36. The zero-order chi connectivity index (χ0) is 19.2. The van der Waals surface area contributed by atoms with Gasteiger partial charge in [0.15, 0.2) is 6.10 Å². The summed E-state index contributed by atoms with van der Waals surface area (Å²) in [6.45, 7) is 5.98. The monoisotopic (exact) mass is 386 g/mol. The highest BCUT2D eigenvalue weighted by Crippen LogP contribution is 2.24. The number of nitrogens with one attached hydrogen (secondary N) is 1. The third kappa shape index (κ3) is 5.47. The predicted molar refractivity (Wildman–Crippen MR) is 109 cm³/mol. The van der Waals surface area contributed by atoms with Crippen LogP contribution in [0.15, 0.2) is 54.6 Å². The van der Waals surface area contributed by atoms with Gasteiger partial charge in [0.25, 0.3) is 5.91 Å². The van der Waals surface area contributed by atoms with Crippen molar-refractivity contribution in [1.29, 1.82) is 0 Å². The van der Waals surface area contributed by atoms with E-state index in [-0.39, 0.29) is 11.9 Å². The highest BCUT2D eigenvalue weighted by molar-refractivity contribution is 6.30. The van der Waals surface area contributed by atoms with Gasteiger partial charge in [0.1, 0.15) is 5.75 Å². The minimum Gasteiger partial charge on any atom is -0.481 e.